The Bertz CT molecular complexity index is 1020. The zero-order chi connectivity index (χ0) is 21.0. The molecule has 150 valence electrons. The van der Waals surface area contributed by atoms with Crippen LogP contribution >= 0.6 is 23.4 Å². The lowest BCUT2D eigenvalue weighted by atomic mass is 10.2. The maximum atomic E-state index is 12.6. The number of benzene rings is 2. The quantitative estimate of drug-likeness (QED) is 0.334. The van der Waals surface area contributed by atoms with Crippen molar-refractivity contribution < 1.29 is 9.72 Å². The number of anilines is 1. The van der Waals surface area contributed by atoms with Crippen molar-refractivity contribution in [1.82, 2.24) is 14.8 Å². The van der Waals surface area contributed by atoms with E-state index in [1.54, 1.807) is 48.0 Å². The summed E-state index contributed by atoms with van der Waals surface area (Å²) in [6.07, 6.45) is 0.601. The lowest BCUT2D eigenvalue weighted by Gasteiger charge is -2.14. The highest BCUT2D eigenvalue weighted by Crippen LogP contribution is 2.28. The first-order valence-electron chi connectivity index (χ1n) is 8.76. The molecule has 0 bridgehead atoms. The Kier molecular flexibility index (Phi) is 6.50. The normalized spacial score (nSPS) is 11.8. The summed E-state index contributed by atoms with van der Waals surface area (Å²) in [7, 11) is 1.79. The second kappa shape index (κ2) is 9.06. The van der Waals surface area contributed by atoms with Crippen LogP contribution in [0.15, 0.2) is 53.7 Å². The Morgan fingerprint density at radius 3 is 2.45 bits per heavy atom. The van der Waals surface area contributed by atoms with Crippen LogP contribution < -0.4 is 5.32 Å². The molecule has 1 heterocycles. The second-order valence-electron chi connectivity index (χ2n) is 6.18. The molecule has 1 amide bonds. The molecule has 0 unspecified atom stereocenters. The van der Waals surface area contributed by atoms with Crippen LogP contribution in [0.25, 0.3) is 11.4 Å². The van der Waals surface area contributed by atoms with Crippen LogP contribution in [0.5, 0.6) is 0 Å². The van der Waals surface area contributed by atoms with E-state index in [1.165, 1.54) is 23.9 Å². The molecule has 3 rings (SSSR count). The van der Waals surface area contributed by atoms with Crippen LogP contribution in [0.1, 0.15) is 13.3 Å². The lowest BCUT2D eigenvalue weighted by Crippen LogP contribution is -2.25. The van der Waals surface area contributed by atoms with E-state index in [0.29, 0.717) is 33.7 Å². The Morgan fingerprint density at radius 2 is 1.86 bits per heavy atom. The van der Waals surface area contributed by atoms with Crippen molar-refractivity contribution in [3.8, 4) is 11.4 Å². The number of halogens is 1. The van der Waals surface area contributed by atoms with Gasteiger partial charge in [-0.3, -0.25) is 14.9 Å². The van der Waals surface area contributed by atoms with Crippen LogP contribution in [0, 0.1) is 10.1 Å². The van der Waals surface area contributed by atoms with E-state index in [4.69, 9.17) is 11.6 Å². The van der Waals surface area contributed by atoms with Gasteiger partial charge < -0.3 is 9.88 Å². The molecule has 1 aromatic heterocycles. The van der Waals surface area contributed by atoms with E-state index in [0.717, 1.165) is 0 Å². The third kappa shape index (κ3) is 4.93. The van der Waals surface area contributed by atoms with Crippen LogP contribution in [0.2, 0.25) is 5.02 Å². The van der Waals surface area contributed by atoms with E-state index in [1.807, 2.05) is 6.92 Å². The summed E-state index contributed by atoms with van der Waals surface area (Å²) in [6, 6.07) is 13.0. The zero-order valence-corrected chi connectivity index (χ0v) is 17.3. The molecule has 0 aliphatic heterocycles. The highest BCUT2D eigenvalue weighted by Gasteiger charge is 2.22. The number of hydrogen-bond acceptors (Lipinski definition) is 6. The fourth-order valence-electron chi connectivity index (χ4n) is 2.61. The fraction of sp³-hybridized carbons (Fsp3) is 0.211. The summed E-state index contributed by atoms with van der Waals surface area (Å²) >= 11 is 7.18. The molecule has 0 spiro atoms. The second-order valence-corrected chi connectivity index (χ2v) is 7.79. The first-order valence-corrected chi connectivity index (χ1v) is 10.0. The molecule has 0 fully saturated rings. The topological polar surface area (TPSA) is 103 Å². The monoisotopic (exact) mass is 431 g/mol. The van der Waals surface area contributed by atoms with Crippen molar-refractivity contribution in [2.45, 2.75) is 23.8 Å². The number of nitrogens with zero attached hydrogens (tertiary/aromatic N) is 4. The van der Waals surface area contributed by atoms with Gasteiger partial charge in [-0.2, -0.15) is 0 Å². The van der Waals surface area contributed by atoms with Crippen molar-refractivity contribution in [3.63, 3.8) is 0 Å². The van der Waals surface area contributed by atoms with E-state index < -0.39 is 4.92 Å². The average Bonchev–Trinajstić information content (AvgIpc) is 3.08. The van der Waals surface area contributed by atoms with Crippen LogP contribution in [0.4, 0.5) is 11.4 Å². The van der Waals surface area contributed by atoms with Gasteiger partial charge in [0.15, 0.2) is 11.0 Å². The lowest BCUT2D eigenvalue weighted by molar-refractivity contribution is -0.384. The smallest absolute Gasteiger partial charge is 0.269 e. The van der Waals surface area contributed by atoms with Gasteiger partial charge in [-0.25, -0.2) is 0 Å². The molecule has 0 saturated heterocycles. The number of nitro benzene ring substituents is 1. The number of amides is 1. The standard InChI is InChI=1S/C19H18ClN5O3S/c1-3-16(18(26)21-14-8-6-13(20)7-9-14)29-19-23-22-17(24(19)2)12-4-10-15(11-5-12)25(27)28/h4-11,16H,3H2,1-2H3,(H,21,26)/t16-/m0/s1. The number of non-ortho nitro benzene ring substituents is 1. The van der Waals surface area contributed by atoms with Crippen LogP contribution in [-0.4, -0.2) is 30.8 Å². The summed E-state index contributed by atoms with van der Waals surface area (Å²) in [5, 5.41) is 22.9. The predicted octanol–water partition coefficient (Wildman–Crippen LogP) is 4.55. The Balaban J connectivity index is 1.74. The van der Waals surface area contributed by atoms with Crippen molar-refractivity contribution in [2.24, 2.45) is 7.05 Å². The van der Waals surface area contributed by atoms with E-state index in [9.17, 15) is 14.9 Å². The minimum Gasteiger partial charge on any atom is -0.325 e. The number of nitrogens with one attached hydrogen (secondary N) is 1. The molecule has 0 radical (unpaired) electrons. The fourth-order valence-corrected chi connectivity index (χ4v) is 3.65. The highest BCUT2D eigenvalue weighted by molar-refractivity contribution is 8.00. The summed E-state index contributed by atoms with van der Waals surface area (Å²) < 4.78 is 1.77. The molecule has 8 nitrogen and oxygen atoms in total. The number of thioether (sulfide) groups is 1. The average molecular weight is 432 g/mol. The number of aromatic nitrogens is 3. The van der Waals surface area contributed by atoms with Crippen LogP contribution in [-0.2, 0) is 11.8 Å². The molecular weight excluding hydrogens is 414 g/mol. The number of carbonyl (C=O) groups excluding carboxylic acids is 1. The first kappa shape index (κ1) is 20.8. The summed E-state index contributed by atoms with van der Waals surface area (Å²) in [6.45, 7) is 1.92. The van der Waals surface area contributed by atoms with Crippen molar-refractivity contribution in [3.05, 3.63) is 63.7 Å². The zero-order valence-electron chi connectivity index (χ0n) is 15.7. The largest absolute Gasteiger partial charge is 0.325 e. The van der Waals surface area contributed by atoms with E-state index in [2.05, 4.69) is 15.5 Å². The molecular formula is C19H18ClN5O3S. The Hall–Kier alpha value is -2.91. The number of carbonyl (C=O) groups is 1. The van der Waals surface area contributed by atoms with Gasteiger partial charge in [0, 0.05) is 35.5 Å². The van der Waals surface area contributed by atoms with Crippen molar-refractivity contribution in [2.75, 3.05) is 5.32 Å². The molecule has 1 N–H and O–H groups in total. The first-order chi connectivity index (χ1) is 13.9. The maximum Gasteiger partial charge on any atom is 0.269 e. The van der Waals surface area contributed by atoms with Gasteiger partial charge in [-0.15, -0.1) is 10.2 Å². The third-order valence-electron chi connectivity index (χ3n) is 4.19. The number of hydrogen-bond donors (Lipinski definition) is 1. The minimum absolute atomic E-state index is 0.00966. The minimum atomic E-state index is -0.452. The van der Waals surface area contributed by atoms with Crippen molar-refractivity contribution >= 4 is 40.6 Å². The third-order valence-corrected chi connectivity index (χ3v) is 5.84. The molecule has 10 heteroatoms. The number of rotatable bonds is 7. The molecule has 0 aliphatic carbocycles. The summed E-state index contributed by atoms with van der Waals surface area (Å²) in [5.74, 6) is 0.426. The SMILES string of the molecule is CC[C@H](Sc1nnc(-c2ccc([N+](=O)[O-])cc2)n1C)C(=O)Nc1ccc(Cl)cc1. The Labute approximate surface area is 176 Å². The van der Waals surface area contributed by atoms with Gasteiger partial charge in [-0.05, 0) is 42.8 Å². The number of nitro groups is 1. The van der Waals surface area contributed by atoms with E-state index >= 15 is 0 Å². The van der Waals surface area contributed by atoms with Gasteiger partial charge in [0.2, 0.25) is 5.91 Å². The van der Waals surface area contributed by atoms with Gasteiger partial charge in [-0.1, -0.05) is 30.3 Å². The predicted molar refractivity (Wildman–Crippen MR) is 113 cm³/mol. The molecule has 29 heavy (non-hydrogen) atoms. The summed E-state index contributed by atoms with van der Waals surface area (Å²) in [5.41, 5.74) is 1.38. The molecule has 3 aromatic rings. The molecule has 2 aromatic carbocycles. The van der Waals surface area contributed by atoms with Crippen molar-refractivity contribution in [1.29, 1.82) is 0 Å². The highest BCUT2D eigenvalue weighted by atomic mass is 35.5. The molecule has 0 saturated carbocycles. The van der Waals surface area contributed by atoms with Gasteiger partial charge >= 0.3 is 0 Å². The van der Waals surface area contributed by atoms with E-state index in [-0.39, 0.29) is 16.8 Å². The van der Waals surface area contributed by atoms with Gasteiger partial charge in [0.25, 0.3) is 5.69 Å². The molecule has 1 atom stereocenters. The van der Waals surface area contributed by atoms with Gasteiger partial charge in [0.1, 0.15) is 0 Å². The van der Waals surface area contributed by atoms with Crippen LogP contribution in [0.3, 0.4) is 0 Å². The molecule has 0 aliphatic rings. The Morgan fingerprint density at radius 1 is 1.21 bits per heavy atom. The maximum absolute atomic E-state index is 12.6. The summed E-state index contributed by atoms with van der Waals surface area (Å²) in [4.78, 5) is 23.0. The van der Waals surface area contributed by atoms with Gasteiger partial charge in [0.05, 0.1) is 10.2 Å².